The minimum absolute atomic E-state index is 0.101. The third-order valence-corrected chi connectivity index (χ3v) is 6.68. The minimum atomic E-state index is -3.64. The fourth-order valence-electron chi connectivity index (χ4n) is 3.95. The highest BCUT2D eigenvalue weighted by Crippen LogP contribution is 2.40. The summed E-state index contributed by atoms with van der Waals surface area (Å²) in [4.78, 5) is 12.0. The van der Waals surface area contributed by atoms with Gasteiger partial charge >= 0.3 is 0 Å². The van der Waals surface area contributed by atoms with E-state index in [0.717, 1.165) is 27.8 Å². The van der Waals surface area contributed by atoms with Crippen LogP contribution in [0, 0.1) is 6.92 Å². The average Bonchev–Trinajstić information content (AvgIpc) is 3.43. The maximum absolute atomic E-state index is 12.9. The molecule has 0 aliphatic carbocycles. The summed E-state index contributed by atoms with van der Waals surface area (Å²) in [7, 11) is -3.64. The van der Waals surface area contributed by atoms with Gasteiger partial charge in [-0.1, -0.05) is 35.9 Å². The molecule has 8 nitrogen and oxygen atoms in total. The molecule has 1 aliphatic rings. The third-order valence-electron chi connectivity index (χ3n) is 5.56. The zero-order valence-corrected chi connectivity index (χ0v) is 18.2. The molecule has 2 N–H and O–H groups in total. The van der Waals surface area contributed by atoms with Crippen molar-refractivity contribution in [1.29, 1.82) is 0 Å². The molecule has 0 fully saturated rings. The van der Waals surface area contributed by atoms with Crippen LogP contribution in [0.5, 0.6) is 0 Å². The number of nitrogens with zero attached hydrogens (tertiary/aromatic N) is 3. The van der Waals surface area contributed by atoms with Crippen LogP contribution in [0.2, 0.25) is 0 Å². The van der Waals surface area contributed by atoms with E-state index in [1.165, 1.54) is 6.26 Å². The maximum Gasteiger partial charge on any atom is 0.251 e. The van der Waals surface area contributed by atoms with Gasteiger partial charge in [0.1, 0.15) is 0 Å². The number of benzene rings is 3. The molecule has 0 atom stereocenters. The Kier molecular flexibility index (Phi) is 4.63. The van der Waals surface area contributed by atoms with Crippen molar-refractivity contribution >= 4 is 15.7 Å². The van der Waals surface area contributed by atoms with Crippen molar-refractivity contribution in [2.24, 2.45) is 0 Å². The van der Waals surface area contributed by atoms with Crippen LogP contribution in [0.15, 0.2) is 59.5 Å². The summed E-state index contributed by atoms with van der Waals surface area (Å²) in [5, 5.41) is 17.0. The number of H-pyrrole nitrogens is 1. The molecule has 0 saturated carbocycles. The molecular formula is C23H19N5O3S. The van der Waals surface area contributed by atoms with Crippen molar-refractivity contribution in [3.05, 3.63) is 71.3 Å². The summed E-state index contributed by atoms with van der Waals surface area (Å²) in [6, 6.07) is 16.9. The monoisotopic (exact) mass is 445 g/mol. The largest absolute Gasteiger partial charge is 0.348 e. The van der Waals surface area contributed by atoms with E-state index in [0.29, 0.717) is 23.2 Å². The maximum atomic E-state index is 12.9. The number of fused-ring (bicyclic) bond motifs is 1. The van der Waals surface area contributed by atoms with Gasteiger partial charge in [-0.3, -0.25) is 4.79 Å². The quantitative estimate of drug-likeness (QED) is 0.498. The van der Waals surface area contributed by atoms with E-state index in [4.69, 9.17) is 0 Å². The number of amides is 1. The molecule has 0 unspecified atom stereocenters. The molecular weight excluding hydrogens is 426 g/mol. The molecule has 4 aromatic rings. The van der Waals surface area contributed by atoms with Crippen molar-refractivity contribution in [3.63, 3.8) is 0 Å². The first-order valence-electron chi connectivity index (χ1n) is 9.92. The van der Waals surface area contributed by atoms with Crippen LogP contribution in [0.1, 0.15) is 21.5 Å². The second-order valence-electron chi connectivity index (χ2n) is 7.83. The molecule has 0 saturated heterocycles. The molecule has 5 rings (SSSR count). The number of sulfone groups is 1. The van der Waals surface area contributed by atoms with Crippen LogP contribution in [0.4, 0.5) is 0 Å². The van der Waals surface area contributed by atoms with E-state index in [1.807, 2.05) is 49.4 Å². The van der Waals surface area contributed by atoms with Gasteiger partial charge in [0, 0.05) is 23.9 Å². The fraction of sp³-hybridized carbons (Fsp3) is 0.130. The Morgan fingerprint density at radius 2 is 1.66 bits per heavy atom. The van der Waals surface area contributed by atoms with Crippen LogP contribution in [0.3, 0.4) is 0 Å². The lowest BCUT2D eigenvalue weighted by Crippen LogP contribution is -2.12. The van der Waals surface area contributed by atoms with Gasteiger partial charge in [-0.15, -0.1) is 10.2 Å². The Morgan fingerprint density at radius 1 is 0.906 bits per heavy atom. The Balaban J connectivity index is 1.81. The molecule has 0 bridgehead atoms. The van der Waals surface area contributed by atoms with Gasteiger partial charge in [-0.2, -0.15) is 5.21 Å². The Bertz CT molecular complexity index is 1460. The summed E-state index contributed by atoms with van der Waals surface area (Å²) < 4.78 is 25.7. The molecule has 32 heavy (non-hydrogen) atoms. The topological polar surface area (TPSA) is 118 Å². The lowest BCUT2D eigenvalue weighted by atomic mass is 9.92. The minimum Gasteiger partial charge on any atom is -0.348 e. The van der Waals surface area contributed by atoms with Crippen LogP contribution in [-0.4, -0.2) is 41.2 Å². The Morgan fingerprint density at radius 3 is 2.34 bits per heavy atom. The standard InChI is InChI=1S/C23H19N5O3S/c1-13-3-5-14(6-4-13)19-10-16(15-7-8-18-17(9-15)12-24-23(18)29)11-20(32(2,30)31)21(19)22-25-27-28-26-22/h3-11H,12H2,1-2H3,(H,24,29)(H,25,26,27,28). The van der Waals surface area contributed by atoms with Crippen molar-refractivity contribution in [3.8, 4) is 33.6 Å². The number of aromatic nitrogens is 4. The van der Waals surface area contributed by atoms with Gasteiger partial charge in [0.2, 0.25) is 5.82 Å². The van der Waals surface area contributed by atoms with E-state index >= 15 is 0 Å². The summed E-state index contributed by atoms with van der Waals surface area (Å²) in [6.07, 6.45) is 1.17. The van der Waals surface area contributed by atoms with Gasteiger partial charge in [-0.05, 0) is 64.2 Å². The van der Waals surface area contributed by atoms with Gasteiger partial charge in [0.25, 0.3) is 5.91 Å². The molecule has 0 spiro atoms. The van der Waals surface area contributed by atoms with E-state index in [2.05, 4.69) is 25.9 Å². The number of hydrogen-bond donors (Lipinski definition) is 2. The van der Waals surface area contributed by atoms with E-state index in [-0.39, 0.29) is 16.6 Å². The van der Waals surface area contributed by atoms with Gasteiger partial charge in [-0.25, -0.2) is 8.42 Å². The molecule has 1 amide bonds. The number of carbonyl (C=O) groups is 1. The van der Waals surface area contributed by atoms with Crippen LogP contribution in [0.25, 0.3) is 33.6 Å². The summed E-state index contributed by atoms with van der Waals surface area (Å²) in [5.74, 6) is 0.104. The molecule has 160 valence electrons. The number of aryl methyl sites for hydroxylation is 1. The van der Waals surface area contributed by atoms with Gasteiger partial charge in [0.15, 0.2) is 9.84 Å². The molecule has 3 aromatic carbocycles. The number of hydrogen-bond acceptors (Lipinski definition) is 6. The number of tetrazole rings is 1. The number of carbonyl (C=O) groups excluding carboxylic acids is 1. The smallest absolute Gasteiger partial charge is 0.251 e. The first-order chi connectivity index (χ1) is 15.3. The highest BCUT2D eigenvalue weighted by Gasteiger charge is 2.25. The van der Waals surface area contributed by atoms with Crippen LogP contribution < -0.4 is 5.32 Å². The van der Waals surface area contributed by atoms with E-state index < -0.39 is 9.84 Å². The number of nitrogens with one attached hydrogen (secondary N) is 2. The second-order valence-corrected chi connectivity index (χ2v) is 9.81. The number of aromatic amines is 1. The van der Waals surface area contributed by atoms with E-state index in [1.54, 1.807) is 12.1 Å². The highest BCUT2D eigenvalue weighted by molar-refractivity contribution is 7.90. The van der Waals surface area contributed by atoms with Crippen LogP contribution in [-0.2, 0) is 16.4 Å². The van der Waals surface area contributed by atoms with Crippen molar-refractivity contribution in [2.75, 3.05) is 6.26 Å². The summed E-state index contributed by atoms with van der Waals surface area (Å²) in [6.45, 7) is 2.44. The molecule has 1 aliphatic heterocycles. The zero-order valence-electron chi connectivity index (χ0n) is 17.4. The summed E-state index contributed by atoms with van der Waals surface area (Å²) in [5.41, 5.74) is 6.05. The first-order valence-corrected chi connectivity index (χ1v) is 11.8. The van der Waals surface area contributed by atoms with Crippen molar-refractivity contribution in [1.82, 2.24) is 25.9 Å². The molecule has 0 radical (unpaired) electrons. The predicted octanol–water partition coefficient (Wildman–Crippen LogP) is 3.16. The van der Waals surface area contributed by atoms with Crippen molar-refractivity contribution in [2.45, 2.75) is 18.4 Å². The lowest BCUT2D eigenvalue weighted by Gasteiger charge is -2.15. The summed E-state index contributed by atoms with van der Waals surface area (Å²) >= 11 is 0. The molecule has 2 heterocycles. The second kappa shape index (κ2) is 7.38. The zero-order chi connectivity index (χ0) is 22.5. The van der Waals surface area contributed by atoms with Crippen molar-refractivity contribution < 1.29 is 13.2 Å². The van der Waals surface area contributed by atoms with E-state index in [9.17, 15) is 13.2 Å². The molecule has 1 aromatic heterocycles. The highest BCUT2D eigenvalue weighted by atomic mass is 32.2. The Hall–Kier alpha value is -3.85. The normalized spacial score (nSPS) is 13.1. The van der Waals surface area contributed by atoms with Gasteiger partial charge in [0.05, 0.1) is 4.90 Å². The average molecular weight is 446 g/mol. The van der Waals surface area contributed by atoms with Crippen LogP contribution >= 0.6 is 0 Å². The lowest BCUT2D eigenvalue weighted by molar-refractivity contribution is 0.0965. The predicted molar refractivity (Wildman–Crippen MR) is 120 cm³/mol. The third kappa shape index (κ3) is 3.46. The Labute approximate surface area is 184 Å². The fourth-order valence-corrected chi connectivity index (χ4v) is 4.86. The number of rotatable bonds is 4. The first kappa shape index (κ1) is 20.1. The SMILES string of the molecule is Cc1ccc(-c2cc(-c3ccc4c(c3)CNC4=O)cc(S(C)(=O)=O)c2-c2nn[nH]n2)cc1. The molecule has 9 heteroatoms. The van der Waals surface area contributed by atoms with Gasteiger partial charge < -0.3 is 5.32 Å².